The average Bonchev–Trinajstić information content (AvgIpc) is 2.74. The highest BCUT2D eigenvalue weighted by Gasteiger charge is 2.22. The molecule has 30 heavy (non-hydrogen) atoms. The average molecular weight is 443 g/mol. The van der Waals surface area contributed by atoms with Crippen molar-refractivity contribution in [1.82, 2.24) is 0 Å². The lowest BCUT2D eigenvalue weighted by Gasteiger charge is -2.20. The van der Waals surface area contributed by atoms with Crippen LogP contribution in [0.25, 0.3) is 0 Å². The van der Waals surface area contributed by atoms with Crippen molar-refractivity contribution in [3.63, 3.8) is 0 Å². The highest BCUT2D eigenvalue weighted by Crippen LogP contribution is 2.24. The van der Waals surface area contributed by atoms with E-state index in [4.69, 9.17) is 11.6 Å². The van der Waals surface area contributed by atoms with Gasteiger partial charge in [0.1, 0.15) is 0 Å². The number of nitrogens with zero attached hydrogens (tertiary/aromatic N) is 1. The summed E-state index contributed by atoms with van der Waals surface area (Å²) in [5.41, 5.74) is 2.60. The second-order valence-electron chi connectivity index (χ2n) is 7.21. The van der Waals surface area contributed by atoms with Gasteiger partial charge in [0.2, 0.25) is 0 Å². The minimum atomic E-state index is -3.78. The Labute approximate surface area is 182 Å². The Morgan fingerprint density at radius 3 is 2.20 bits per heavy atom. The number of hydrogen-bond acceptors (Lipinski definition) is 3. The largest absolute Gasteiger partial charge is 0.322 e. The molecule has 3 aromatic rings. The quantitative estimate of drug-likeness (QED) is 0.544. The number of sulfonamides is 1. The molecule has 3 rings (SSSR count). The number of rotatable bonds is 6. The van der Waals surface area contributed by atoms with E-state index in [2.05, 4.69) is 19.2 Å². The van der Waals surface area contributed by atoms with Crippen molar-refractivity contribution in [3.8, 4) is 0 Å². The van der Waals surface area contributed by atoms with Gasteiger partial charge < -0.3 is 5.32 Å². The molecule has 0 saturated carbocycles. The molecule has 7 heteroatoms. The molecule has 0 aliphatic heterocycles. The third-order valence-electron chi connectivity index (χ3n) is 4.78. The maximum absolute atomic E-state index is 12.9. The van der Waals surface area contributed by atoms with Gasteiger partial charge >= 0.3 is 0 Å². The zero-order valence-corrected chi connectivity index (χ0v) is 18.5. The first-order valence-electron chi connectivity index (χ1n) is 9.44. The van der Waals surface area contributed by atoms with Crippen molar-refractivity contribution in [2.45, 2.75) is 24.7 Å². The lowest BCUT2D eigenvalue weighted by atomic mass is 10.0. The number of carbonyl (C=O) groups is 1. The van der Waals surface area contributed by atoms with E-state index in [1.54, 1.807) is 24.3 Å². The van der Waals surface area contributed by atoms with Crippen LogP contribution in [0.3, 0.4) is 0 Å². The molecular formula is C23H23ClN2O3S. The van der Waals surface area contributed by atoms with E-state index in [0.717, 1.165) is 4.31 Å². The fraction of sp³-hybridized carbons (Fsp3) is 0.174. The molecule has 0 unspecified atom stereocenters. The molecule has 0 radical (unpaired) electrons. The van der Waals surface area contributed by atoms with Crippen molar-refractivity contribution < 1.29 is 13.2 Å². The summed E-state index contributed by atoms with van der Waals surface area (Å²) >= 11 is 5.85. The number of carbonyl (C=O) groups excluding carboxylic acids is 1. The van der Waals surface area contributed by atoms with Crippen molar-refractivity contribution >= 4 is 38.9 Å². The van der Waals surface area contributed by atoms with Gasteiger partial charge in [0, 0.05) is 23.3 Å². The molecule has 0 heterocycles. The maximum Gasteiger partial charge on any atom is 0.264 e. The summed E-state index contributed by atoms with van der Waals surface area (Å²) in [7, 11) is -2.33. The number of anilines is 2. The summed E-state index contributed by atoms with van der Waals surface area (Å²) in [6, 6.07) is 20.1. The summed E-state index contributed by atoms with van der Waals surface area (Å²) in [5.74, 6) is 0.0935. The van der Waals surface area contributed by atoms with Crippen LogP contribution in [0.15, 0.2) is 77.7 Å². The molecule has 1 amide bonds. The molecule has 5 nitrogen and oxygen atoms in total. The molecule has 0 aliphatic carbocycles. The SMILES string of the molecule is CC(C)c1ccc(NC(=O)c2cccc(N(C)S(=O)(=O)c3ccc(Cl)cc3)c2)cc1. The second kappa shape index (κ2) is 8.90. The van der Waals surface area contributed by atoms with Crippen molar-refractivity contribution in [1.29, 1.82) is 0 Å². The van der Waals surface area contributed by atoms with Crippen LogP contribution in [0.5, 0.6) is 0 Å². The lowest BCUT2D eigenvalue weighted by molar-refractivity contribution is 0.102. The van der Waals surface area contributed by atoms with E-state index >= 15 is 0 Å². The molecule has 0 aliphatic rings. The van der Waals surface area contributed by atoms with Crippen LogP contribution in [-0.2, 0) is 10.0 Å². The molecule has 1 N–H and O–H groups in total. The van der Waals surface area contributed by atoms with Gasteiger partial charge in [0.25, 0.3) is 15.9 Å². The van der Waals surface area contributed by atoms with Gasteiger partial charge in [-0.25, -0.2) is 8.42 Å². The Balaban J connectivity index is 1.81. The molecule has 0 bridgehead atoms. The molecule has 0 atom stereocenters. The van der Waals surface area contributed by atoms with Crippen LogP contribution in [0.1, 0.15) is 35.7 Å². The number of benzene rings is 3. The summed E-state index contributed by atoms with van der Waals surface area (Å²) < 4.78 is 26.9. The Morgan fingerprint density at radius 2 is 1.60 bits per heavy atom. The number of hydrogen-bond donors (Lipinski definition) is 1. The first-order chi connectivity index (χ1) is 14.2. The van der Waals surface area contributed by atoms with E-state index in [9.17, 15) is 13.2 Å². The van der Waals surface area contributed by atoms with Crippen LogP contribution < -0.4 is 9.62 Å². The fourth-order valence-corrected chi connectivity index (χ4v) is 4.21. The molecule has 156 valence electrons. The Morgan fingerprint density at radius 1 is 0.967 bits per heavy atom. The summed E-state index contributed by atoms with van der Waals surface area (Å²) in [5, 5.41) is 3.30. The predicted octanol–water partition coefficient (Wildman–Crippen LogP) is 5.54. The van der Waals surface area contributed by atoms with Crippen LogP contribution in [0, 0.1) is 0 Å². The minimum Gasteiger partial charge on any atom is -0.322 e. The van der Waals surface area contributed by atoms with Crippen LogP contribution in [0.4, 0.5) is 11.4 Å². The Kier molecular flexibility index (Phi) is 6.48. The third-order valence-corrected chi connectivity index (χ3v) is 6.83. The van der Waals surface area contributed by atoms with Gasteiger partial charge in [0.15, 0.2) is 0 Å². The molecule has 0 fully saturated rings. The van der Waals surface area contributed by atoms with Crippen LogP contribution in [0.2, 0.25) is 5.02 Å². The summed E-state index contributed by atoms with van der Waals surface area (Å²) in [4.78, 5) is 12.8. The number of amides is 1. The first-order valence-corrected chi connectivity index (χ1v) is 11.3. The minimum absolute atomic E-state index is 0.120. The van der Waals surface area contributed by atoms with E-state index in [0.29, 0.717) is 27.9 Å². The first kappa shape index (κ1) is 21.9. The maximum atomic E-state index is 12.9. The van der Waals surface area contributed by atoms with Gasteiger partial charge in [-0.3, -0.25) is 9.10 Å². The van der Waals surface area contributed by atoms with Gasteiger partial charge in [-0.2, -0.15) is 0 Å². The van der Waals surface area contributed by atoms with Crippen LogP contribution in [-0.4, -0.2) is 21.4 Å². The Bertz CT molecular complexity index is 1140. The smallest absolute Gasteiger partial charge is 0.264 e. The molecule has 0 saturated heterocycles. The van der Waals surface area contributed by atoms with Crippen LogP contribution >= 0.6 is 11.6 Å². The van der Waals surface area contributed by atoms with Gasteiger partial charge in [-0.05, 0) is 66.1 Å². The van der Waals surface area contributed by atoms with Gasteiger partial charge in [0.05, 0.1) is 10.6 Å². The van der Waals surface area contributed by atoms with Crippen molar-refractivity contribution in [2.75, 3.05) is 16.7 Å². The van der Waals surface area contributed by atoms with Crippen molar-refractivity contribution in [2.24, 2.45) is 0 Å². The normalized spacial score (nSPS) is 11.4. The van der Waals surface area contributed by atoms with Crippen molar-refractivity contribution in [3.05, 3.63) is 88.9 Å². The van der Waals surface area contributed by atoms with Gasteiger partial charge in [-0.15, -0.1) is 0 Å². The summed E-state index contributed by atoms with van der Waals surface area (Å²) in [6.07, 6.45) is 0. The third kappa shape index (κ3) is 4.83. The highest BCUT2D eigenvalue weighted by atomic mass is 35.5. The fourth-order valence-electron chi connectivity index (χ4n) is 2.90. The van der Waals surface area contributed by atoms with E-state index < -0.39 is 10.0 Å². The topological polar surface area (TPSA) is 66.5 Å². The monoisotopic (exact) mass is 442 g/mol. The lowest BCUT2D eigenvalue weighted by Crippen LogP contribution is -2.26. The number of halogens is 1. The van der Waals surface area contributed by atoms with Gasteiger partial charge in [-0.1, -0.05) is 43.6 Å². The molecule has 0 aromatic heterocycles. The molecule has 3 aromatic carbocycles. The van der Waals surface area contributed by atoms with E-state index in [-0.39, 0.29) is 10.8 Å². The standard InChI is InChI=1S/C23H23ClN2O3S/c1-16(2)17-7-11-20(12-8-17)25-23(27)18-5-4-6-21(15-18)26(3)30(28,29)22-13-9-19(24)10-14-22/h4-16H,1-3H3,(H,25,27). The Hall–Kier alpha value is -2.83. The zero-order valence-electron chi connectivity index (χ0n) is 17.0. The van der Waals surface area contributed by atoms with E-state index in [1.165, 1.54) is 36.9 Å². The second-order valence-corrected chi connectivity index (χ2v) is 9.61. The van der Waals surface area contributed by atoms with E-state index in [1.807, 2.05) is 24.3 Å². The highest BCUT2D eigenvalue weighted by molar-refractivity contribution is 7.92. The molecular weight excluding hydrogens is 420 g/mol. The number of nitrogens with one attached hydrogen (secondary N) is 1. The summed E-state index contributed by atoms with van der Waals surface area (Å²) in [6.45, 7) is 4.21. The predicted molar refractivity (Wildman–Crippen MR) is 122 cm³/mol. The molecule has 0 spiro atoms. The zero-order chi connectivity index (χ0) is 21.9.